The predicted molar refractivity (Wildman–Crippen MR) is 100 cm³/mol. The van der Waals surface area contributed by atoms with E-state index in [9.17, 15) is 0 Å². The number of nitrogens with zero attached hydrogens (tertiary/aromatic N) is 2. The fourth-order valence-electron chi connectivity index (χ4n) is 2.82. The Hall–Kier alpha value is -1.05. The molecule has 1 heterocycles. The van der Waals surface area contributed by atoms with Crippen molar-refractivity contribution >= 4 is 0 Å². The third kappa shape index (κ3) is 9.63. The lowest BCUT2D eigenvalue weighted by molar-refractivity contribution is -0.688. The number of allylic oxidation sites excluding steroid dienone is 2. The number of hydrogen-bond donors (Lipinski definition) is 0. The SMILES string of the molecule is CCCCn1cc[n+](C/C(=C\CCC(C)(C)C)CC(C)(C)C)c1. The van der Waals surface area contributed by atoms with Crippen LogP contribution in [0.3, 0.4) is 0 Å². The van der Waals surface area contributed by atoms with Gasteiger partial charge in [-0.15, -0.1) is 0 Å². The number of hydrogen-bond acceptors (Lipinski definition) is 0. The van der Waals surface area contributed by atoms with Crippen LogP contribution >= 0.6 is 0 Å². The van der Waals surface area contributed by atoms with Crippen LogP contribution in [0.5, 0.6) is 0 Å². The Balaban J connectivity index is 2.72. The van der Waals surface area contributed by atoms with Crippen LogP contribution in [0.1, 0.15) is 80.6 Å². The average molecular weight is 320 g/mol. The second kappa shape index (κ2) is 8.70. The van der Waals surface area contributed by atoms with Gasteiger partial charge in [-0.25, -0.2) is 9.13 Å². The highest BCUT2D eigenvalue weighted by atomic mass is 15.1. The van der Waals surface area contributed by atoms with Crippen LogP contribution in [-0.2, 0) is 13.1 Å². The molecule has 23 heavy (non-hydrogen) atoms. The lowest BCUT2D eigenvalue weighted by Gasteiger charge is -2.21. The Morgan fingerprint density at radius 3 is 2.35 bits per heavy atom. The van der Waals surface area contributed by atoms with E-state index in [0.717, 1.165) is 13.1 Å². The summed E-state index contributed by atoms with van der Waals surface area (Å²) in [6, 6.07) is 0. The van der Waals surface area contributed by atoms with Crippen LogP contribution in [0.25, 0.3) is 0 Å². The summed E-state index contributed by atoms with van der Waals surface area (Å²) < 4.78 is 4.65. The van der Waals surface area contributed by atoms with Gasteiger partial charge < -0.3 is 0 Å². The van der Waals surface area contributed by atoms with Gasteiger partial charge in [-0.2, -0.15) is 0 Å². The molecular formula is C21H39N2+. The number of aryl methyl sites for hydroxylation is 1. The normalized spacial score (nSPS) is 13.6. The molecule has 0 fully saturated rings. The van der Waals surface area contributed by atoms with E-state index in [0.29, 0.717) is 10.8 Å². The van der Waals surface area contributed by atoms with E-state index in [1.807, 2.05) is 0 Å². The van der Waals surface area contributed by atoms with Gasteiger partial charge in [0, 0.05) is 0 Å². The minimum Gasteiger partial charge on any atom is -0.237 e. The highest BCUT2D eigenvalue weighted by Gasteiger charge is 2.16. The molecule has 0 unspecified atom stereocenters. The van der Waals surface area contributed by atoms with Gasteiger partial charge in [0.15, 0.2) is 0 Å². The van der Waals surface area contributed by atoms with Gasteiger partial charge in [0.25, 0.3) is 0 Å². The van der Waals surface area contributed by atoms with Crippen molar-refractivity contribution in [1.82, 2.24) is 4.57 Å². The van der Waals surface area contributed by atoms with E-state index < -0.39 is 0 Å². The molecule has 132 valence electrons. The first-order valence-corrected chi connectivity index (χ1v) is 9.32. The molecule has 1 aromatic heterocycles. The molecule has 0 saturated heterocycles. The van der Waals surface area contributed by atoms with E-state index >= 15 is 0 Å². The molecule has 0 aliphatic heterocycles. The van der Waals surface area contributed by atoms with Crippen LogP contribution in [0.15, 0.2) is 30.4 Å². The van der Waals surface area contributed by atoms with Crippen LogP contribution in [-0.4, -0.2) is 4.57 Å². The van der Waals surface area contributed by atoms with Gasteiger partial charge in [-0.3, -0.25) is 0 Å². The number of imidazole rings is 1. The topological polar surface area (TPSA) is 8.81 Å². The minimum absolute atomic E-state index is 0.346. The van der Waals surface area contributed by atoms with Crippen molar-refractivity contribution in [1.29, 1.82) is 0 Å². The first-order chi connectivity index (χ1) is 10.6. The molecule has 0 saturated carbocycles. The van der Waals surface area contributed by atoms with Gasteiger partial charge in [-0.1, -0.05) is 61.0 Å². The van der Waals surface area contributed by atoms with E-state index in [1.165, 1.54) is 32.1 Å². The maximum atomic E-state index is 2.49. The summed E-state index contributed by atoms with van der Waals surface area (Å²) in [6.07, 6.45) is 15.3. The lowest BCUT2D eigenvalue weighted by Crippen LogP contribution is -2.33. The second-order valence-electron chi connectivity index (χ2n) is 9.38. The molecule has 0 aromatic carbocycles. The molecule has 0 spiro atoms. The van der Waals surface area contributed by atoms with E-state index in [2.05, 4.69) is 82.4 Å². The standard InChI is InChI=1S/C21H39N2/c1-8-9-13-22-14-15-23(18-22)17-19(16-21(5,6)7)11-10-12-20(2,3)4/h11,14-15,18H,8-10,12-13,16-17H2,1-7H3/q+1/b19-11-. The molecule has 0 radical (unpaired) electrons. The van der Waals surface area contributed by atoms with Gasteiger partial charge in [0.1, 0.15) is 18.9 Å². The molecule has 2 nitrogen and oxygen atoms in total. The zero-order chi connectivity index (χ0) is 17.5. The summed E-state index contributed by atoms with van der Waals surface area (Å²) in [5.74, 6) is 0. The van der Waals surface area contributed by atoms with Crippen molar-refractivity contribution in [3.63, 3.8) is 0 Å². The van der Waals surface area contributed by atoms with Crippen molar-refractivity contribution in [2.75, 3.05) is 0 Å². The Kier molecular flexibility index (Phi) is 7.57. The van der Waals surface area contributed by atoms with Crippen LogP contribution in [0, 0.1) is 10.8 Å². The zero-order valence-corrected chi connectivity index (χ0v) is 16.7. The van der Waals surface area contributed by atoms with Gasteiger partial charge in [-0.05, 0) is 42.1 Å². The smallest absolute Gasteiger partial charge is 0.237 e. The molecular weight excluding hydrogens is 280 g/mol. The summed E-state index contributed by atoms with van der Waals surface area (Å²) >= 11 is 0. The predicted octanol–water partition coefficient (Wildman–Crippen LogP) is 5.76. The molecule has 0 aliphatic rings. The van der Waals surface area contributed by atoms with E-state index in [4.69, 9.17) is 0 Å². The van der Waals surface area contributed by atoms with E-state index in [1.54, 1.807) is 5.57 Å². The zero-order valence-electron chi connectivity index (χ0n) is 16.7. The highest BCUT2D eigenvalue weighted by molar-refractivity contribution is 5.02. The van der Waals surface area contributed by atoms with Crippen LogP contribution < -0.4 is 4.57 Å². The largest absolute Gasteiger partial charge is 0.244 e. The van der Waals surface area contributed by atoms with Crippen molar-refractivity contribution in [2.45, 2.75) is 93.7 Å². The lowest BCUT2D eigenvalue weighted by atomic mass is 9.86. The molecule has 0 amide bonds. The first-order valence-electron chi connectivity index (χ1n) is 9.32. The Morgan fingerprint density at radius 1 is 1.09 bits per heavy atom. The molecule has 0 aliphatic carbocycles. The third-order valence-electron chi connectivity index (χ3n) is 3.99. The minimum atomic E-state index is 0.346. The molecule has 0 atom stereocenters. The summed E-state index contributed by atoms with van der Waals surface area (Å²) in [5.41, 5.74) is 2.33. The molecule has 1 aromatic rings. The summed E-state index contributed by atoms with van der Waals surface area (Å²) in [6.45, 7) is 18.4. The molecule has 1 rings (SSSR count). The highest BCUT2D eigenvalue weighted by Crippen LogP contribution is 2.26. The molecule has 2 heteroatoms. The number of rotatable bonds is 8. The fraction of sp³-hybridized carbons (Fsp3) is 0.762. The average Bonchev–Trinajstić information content (AvgIpc) is 2.80. The maximum Gasteiger partial charge on any atom is 0.244 e. The third-order valence-corrected chi connectivity index (χ3v) is 3.99. The molecule has 0 N–H and O–H groups in total. The Morgan fingerprint density at radius 2 is 1.78 bits per heavy atom. The van der Waals surface area contributed by atoms with Crippen molar-refractivity contribution in [3.8, 4) is 0 Å². The Labute approximate surface area is 144 Å². The summed E-state index contributed by atoms with van der Waals surface area (Å²) in [7, 11) is 0. The van der Waals surface area contributed by atoms with Crippen LogP contribution in [0.4, 0.5) is 0 Å². The maximum absolute atomic E-state index is 2.49. The van der Waals surface area contributed by atoms with Crippen molar-refractivity contribution in [2.24, 2.45) is 10.8 Å². The van der Waals surface area contributed by atoms with Crippen molar-refractivity contribution in [3.05, 3.63) is 30.4 Å². The van der Waals surface area contributed by atoms with Crippen molar-refractivity contribution < 1.29 is 4.57 Å². The monoisotopic (exact) mass is 319 g/mol. The van der Waals surface area contributed by atoms with Gasteiger partial charge in [0.2, 0.25) is 6.33 Å². The fourth-order valence-corrected chi connectivity index (χ4v) is 2.82. The van der Waals surface area contributed by atoms with E-state index in [-0.39, 0.29) is 0 Å². The molecule has 0 bridgehead atoms. The van der Waals surface area contributed by atoms with Gasteiger partial charge >= 0.3 is 0 Å². The summed E-state index contributed by atoms with van der Waals surface area (Å²) in [5, 5.41) is 0. The quantitative estimate of drug-likeness (QED) is 0.425. The number of unbranched alkanes of at least 4 members (excludes halogenated alkanes) is 1. The number of aromatic nitrogens is 2. The van der Waals surface area contributed by atoms with Crippen LogP contribution in [0.2, 0.25) is 0 Å². The second-order valence-corrected chi connectivity index (χ2v) is 9.38. The first kappa shape index (κ1) is 20.0. The van der Waals surface area contributed by atoms with Gasteiger partial charge in [0.05, 0.1) is 6.54 Å². The Bertz CT molecular complexity index is 481. The summed E-state index contributed by atoms with van der Waals surface area (Å²) in [4.78, 5) is 0.